The van der Waals surface area contributed by atoms with Crippen LogP contribution in [0.2, 0.25) is 0 Å². The Morgan fingerprint density at radius 1 is 1.05 bits per heavy atom. The largest absolute Gasteiger partial charge is 0.493 e. The van der Waals surface area contributed by atoms with E-state index in [2.05, 4.69) is 10.6 Å². The summed E-state index contributed by atoms with van der Waals surface area (Å²) >= 11 is 0. The molecule has 5 rings (SSSR count). The predicted octanol–water partition coefficient (Wildman–Crippen LogP) is 5.60. The van der Waals surface area contributed by atoms with E-state index < -0.39 is 35.4 Å². The summed E-state index contributed by atoms with van der Waals surface area (Å²) in [6, 6.07) is 6.98. The van der Waals surface area contributed by atoms with Crippen LogP contribution in [0.15, 0.2) is 36.4 Å². The van der Waals surface area contributed by atoms with Crippen LogP contribution in [0.4, 0.5) is 23.2 Å². The second kappa shape index (κ2) is 12.7. The van der Waals surface area contributed by atoms with Crippen molar-refractivity contribution < 1.29 is 41.5 Å². The molecule has 2 aromatic rings. The second-order valence-corrected chi connectivity index (χ2v) is 11.4. The Bertz CT molecular complexity index is 1410. The number of imide groups is 1. The van der Waals surface area contributed by atoms with Crippen LogP contribution in [0.1, 0.15) is 79.3 Å². The number of piperidine rings is 1. The first-order chi connectivity index (χ1) is 20.5. The molecule has 2 heterocycles. The molecular formula is C31H33F4N3O5. The number of carbonyl (C=O) groups excluding carboxylic acids is 4. The number of carbonyl (C=O) groups is 4. The predicted molar refractivity (Wildman–Crippen MR) is 147 cm³/mol. The smallest absolute Gasteiger partial charge is 0.419 e. The highest BCUT2D eigenvalue weighted by Gasteiger charge is 2.40. The van der Waals surface area contributed by atoms with Gasteiger partial charge in [0, 0.05) is 29.7 Å². The van der Waals surface area contributed by atoms with Crippen molar-refractivity contribution in [2.75, 3.05) is 11.9 Å². The zero-order chi connectivity index (χ0) is 30.7. The van der Waals surface area contributed by atoms with Crippen molar-refractivity contribution >= 4 is 29.3 Å². The highest BCUT2D eigenvalue weighted by atomic mass is 19.4. The maximum Gasteiger partial charge on any atom is 0.419 e. The van der Waals surface area contributed by atoms with E-state index >= 15 is 0 Å². The lowest BCUT2D eigenvalue weighted by Crippen LogP contribution is -2.52. The van der Waals surface area contributed by atoms with Gasteiger partial charge in [0.2, 0.25) is 17.7 Å². The van der Waals surface area contributed by atoms with E-state index in [1.165, 1.54) is 4.90 Å². The number of nitrogens with one attached hydrogen (secondary N) is 2. The number of amides is 4. The first kappa shape index (κ1) is 30.5. The molecule has 2 aromatic carbocycles. The van der Waals surface area contributed by atoms with Gasteiger partial charge in [-0.1, -0.05) is 25.3 Å². The molecule has 0 radical (unpaired) electrons. The molecule has 4 amide bonds. The molecule has 2 fully saturated rings. The molecule has 12 heteroatoms. The van der Waals surface area contributed by atoms with Gasteiger partial charge in [-0.25, -0.2) is 4.39 Å². The Kier molecular flexibility index (Phi) is 9.03. The van der Waals surface area contributed by atoms with Crippen molar-refractivity contribution in [3.8, 4) is 5.75 Å². The summed E-state index contributed by atoms with van der Waals surface area (Å²) in [6.07, 6.45) is 1.06. The third-order valence-electron chi connectivity index (χ3n) is 8.63. The van der Waals surface area contributed by atoms with Gasteiger partial charge in [-0.05, 0) is 67.9 Å². The van der Waals surface area contributed by atoms with Crippen molar-refractivity contribution in [3.63, 3.8) is 0 Å². The van der Waals surface area contributed by atoms with Crippen LogP contribution in [-0.4, -0.2) is 41.2 Å². The van der Waals surface area contributed by atoms with Gasteiger partial charge in [-0.2, -0.15) is 13.2 Å². The number of halogens is 4. The standard InChI is InChI=1S/C31H33F4N3O5/c32-24-11-10-20(16-23(24)31(33,34)35)36-27(39)13-9-19-5-1-4-18(19)6-3-15-43-26-8-2-7-21-22(26)17-38(30(21)42)25-12-14-28(40)37-29(25)41/h2,7-8,10-11,16,18-19,25H,1,3-6,9,12-15,17H2,(H,36,39)(H,37,40,41). The monoisotopic (exact) mass is 603 g/mol. The van der Waals surface area contributed by atoms with Crippen LogP contribution < -0.4 is 15.4 Å². The van der Waals surface area contributed by atoms with Crippen molar-refractivity contribution in [3.05, 3.63) is 58.9 Å². The number of benzene rings is 2. The molecule has 0 aromatic heterocycles. The van der Waals surface area contributed by atoms with E-state index in [4.69, 9.17) is 4.74 Å². The molecule has 2 aliphatic heterocycles. The van der Waals surface area contributed by atoms with Crippen LogP contribution in [0, 0.1) is 17.7 Å². The Labute approximate surface area is 246 Å². The zero-order valence-electron chi connectivity index (χ0n) is 23.5. The molecule has 2 N–H and O–H groups in total. The minimum Gasteiger partial charge on any atom is -0.493 e. The van der Waals surface area contributed by atoms with Gasteiger partial charge in [0.1, 0.15) is 17.6 Å². The summed E-state index contributed by atoms with van der Waals surface area (Å²) in [5.41, 5.74) is -0.285. The number of fused-ring (bicyclic) bond motifs is 1. The van der Waals surface area contributed by atoms with Gasteiger partial charge >= 0.3 is 6.18 Å². The molecule has 43 heavy (non-hydrogen) atoms. The Hall–Kier alpha value is -3.96. The van der Waals surface area contributed by atoms with Crippen molar-refractivity contribution in [1.82, 2.24) is 10.2 Å². The lowest BCUT2D eigenvalue weighted by molar-refractivity contribution is -0.140. The minimum atomic E-state index is -4.85. The maximum atomic E-state index is 13.5. The summed E-state index contributed by atoms with van der Waals surface area (Å²) in [4.78, 5) is 50.8. The molecule has 3 atom stereocenters. The number of hydrogen-bond donors (Lipinski definition) is 2. The number of anilines is 1. The number of nitrogens with zero attached hydrogens (tertiary/aromatic N) is 1. The number of alkyl halides is 3. The normalized spacial score (nSPS) is 22.0. The molecule has 0 bridgehead atoms. The summed E-state index contributed by atoms with van der Waals surface area (Å²) in [6.45, 7) is 0.664. The molecule has 1 saturated carbocycles. The summed E-state index contributed by atoms with van der Waals surface area (Å²) < 4.78 is 58.5. The van der Waals surface area contributed by atoms with Gasteiger partial charge < -0.3 is 15.0 Å². The average molecular weight is 604 g/mol. The van der Waals surface area contributed by atoms with Crippen LogP contribution in [0.3, 0.4) is 0 Å². The van der Waals surface area contributed by atoms with Gasteiger partial charge in [0.25, 0.3) is 5.91 Å². The third kappa shape index (κ3) is 7.00. The molecule has 0 spiro atoms. The van der Waals surface area contributed by atoms with Gasteiger partial charge in [0.05, 0.1) is 18.7 Å². The first-order valence-electron chi connectivity index (χ1n) is 14.6. The topological polar surface area (TPSA) is 105 Å². The molecule has 1 saturated heterocycles. The molecule has 3 aliphatic rings. The number of hydrogen-bond acceptors (Lipinski definition) is 5. The van der Waals surface area contributed by atoms with E-state index in [-0.39, 0.29) is 43.3 Å². The fourth-order valence-corrected chi connectivity index (χ4v) is 6.45. The fourth-order valence-electron chi connectivity index (χ4n) is 6.45. The lowest BCUT2D eigenvalue weighted by atomic mass is 9.88. The number of ether oxygens (including phenoxy) is 1. The molecular weight excluding hydrogens is 570 g/mol. The van der Waals surface area contributed by atoms with E-state index in [0.29, 0.717) is 48.3 Å². The summed E-state index contributed by atoms with van der Waals surface area (Å²) in [5.74, 6) is -1.56. The van der Waals surface area contributed by atoms with Crippen molar-refractivity contribution in [1.29, 1.82) is 0 Å². The van der Waals surface area contributed by atoms with Gasteiger partial charge in [0.15, 0.2) is 0 Å². The van der Waals surface area contributed by atoms with E-state index in [9.17, 15) is 36.7 Å². The van der Waals surface area contributed by atoms with E-state index in [1.54, 1.807) is 18.2 Å². The molecule has 8 nitrogen and oxygen atoms in total. The quantitative estimate of drug-likeness (QED) is 0.209. The Morgan fingerprint density at radius 2 is 1.81 bits per heavy atom. The average Bonchev–Trinajstić information content (AvgIpc) is 3.54. The minimum absolute atomic E-state index is 0.0897. The zero-order valence-corrected chi connectivity index (χ0v) is 23.5. The van der Waals surface area contributed by atoms with Gasteiger partial charge in [-0.3, -0.25) is 24.5 Å². The fraction of sp³-hybridized carbons (Fsp3) is 0.484. The van der Waals surface area contributed by atoms with Crippen LogP contribution in [-0.2, 0) is 27.1 Å². The lowest BCUT2D eigenvalue weighted by Gasteiger charge is -2.29. The summed E-state index contributed by atoms with van der Waals surface area (Å²) in [7, 11) is 0. The second-order valence-electron chi connectivity index (χ2n) is 11.4. The maximum absolute atomic E-state index is 13.5. The Balaban J connectivity index is 1.08. The van der Waals surface area contributed by atoms with Crippen molar-refractivity contribution in [2.45, 2.75) is 76.6 Å². The molecule has 3 unspecified atom stereocenters. The van der Waals surface area contributed by atoms with Crippen LogP contribution >= 0.6 is 0 Å². The van der Waals surface area contributed by atoms with E-state index in [0.717, 1.165) is 43.7 Å². The Morgan fingerprint density at radius 3 is 2.56 bits per heavy atom. The highest BCUT2D eigenvalue weighted by molar-refractivity contribution is 6.05. The number of rotatable bonds is 10. The molecule has 1 aliphatic carbocycles. The van der Waals surface area contributed by atoms with E-state index in [1.807, 2.05) is 0 Å². The molecule has 230 valence electrons. The van der Waals surface area contributed by atoms with Crippen molar-refractivity contribution in [2.24, 2.45) is 11.8 Å². The third-order valence-corrected chi connectivity index (χ3v) is 8.63. The SMILES string of the molecule is O=C1CCC(N2Cc3c(OCCCC4CCCC4CCC(=O)Nc4ccc(F)c(C(F)(F)F)c4)cccc3C2=O)C(=O)N1. The highest BCUT2D eigenvalue weighted by Crippen LogP contribution is 2.39. The van der Waals surface area contributed by atoms with Crippen LogP contribution in [0.25, 0.3) is 0 Å². The summed E-state index contributed by atoms with van der Waals surface area (Å²) in [5, 5.41) is 4.75. The van der Waals surface area contributed by atoms with Gasteiger partial charge in [-0.15, -0.1) is 0 Å². The first-order valence-corrected chi connectivity index (χ1v) is 14.6. The van der Waals surface area contributed by atoms with Crippen LogP contribution in [0.5, 0.6) is 5.75 Å².